The lowest BCUT2D eigenvalue weighted by molar-refractivity contribution is -0.137. The van der Waals surface area contributed by atoms with E-state index >= 15 is 0 Å². The Kier molecular flexibility index (Phi) is 6.08. The van der Waals surface area contributed by atoms with E-state index in [1.807, 2.05) is 50.1 Å². The maximum Gasteiger partial charge on any atom is 0.228 e. The monoisotopic (exact) mass is 372 g/mol. The molecule has 5 nitrogen and oxygen atoms in total. The Hall–Kier alpha value is -2.04. The highest BCUT2D eigenvalue weighted by molar-refractivity contribution is 5.84. The van der Waals surface area contributed by atoms with Gasteiger partial charge in [-0.1, -0.05) is 25.0 Å². The summed E-state index contributed by atoms with van der Waals surface area (Å²) in [5.41, 5.74) is 1.08. The first-order valence-electron chi connectivity index (χ1n) is 10.1. The Morgan fingerprint density at radius 2 is 1.89 bits per heavy atom. The van der Waals surface area contributed by atoms with Gasteiger partial charge in [0.05, 0.1) is 13.0 Å². The lowest BCUT2D eigenvalue weighted by atomic mass is 9.87. The van der Waals surface area contributed by atoms with Crippen molar-refractivity contribution in [2.24, 2.45) is 11.8 Å². The lowest BCUT2D eigenvalue weighted by Crippen LogP contribution is -2.41. The molecule has 2 amide bonds. The van der Waals surface area contributed by atoms with E-state index in [0.717, 1.165) is 37.0 Å². The molecule has 148 valence electrons. The minimum Gasteiger partial charge on any atom is -0.497 e. The number of hydrogen-bond acceptors (Lipinski definition) is 3. The number of benzene rings is 1. The van der Waals surface area contributed by atoms with Crippen LogP contribution >= 0.6 is 0 Å². The van der Waals surface area contributed by atoms with Crippen molar-refractivity contribution in [3.63, 3.8) is 0 Å². The van der Waals surface area contributed by atoms with Crippen molar-refractivity contribution in [3.05, 3.63) is 29.8 Å². The van der Waals surface area contributed by atoms with Crippen LogP contribution in [0.2, 0.25) is 0 Å². The zero-order valence-corrected chi connectivity index (χ0v) is 17.0. The summed E-state index contributed by atoms with van der Waals surface area (Å²) in [4.78, 5) is 29.9. The van der Waals surface area contributed by atoms with Crippen LogP contribution in [0.25, 0.3) is 0 Å². The largest absolute Gasteiger partial charge is 0.497 e. The number of methoxy groups -OCH3 is 1. The maximum absolute atomic E-state index is 13.2. The van der Waals surface area contributed by atoms with Gasteiger partial charge in [0.2, 0.25) is 11.8 Å². The summed E-state index contributed by atoms with van der Waals surface area (Å²) in [6.45, 7) is 5.18. The zero-order chi connectivity index (χ0) is 19.6. The van der Waals surface area contributed by atoms with Crippen molar-refractivity contribution >= 4 is 11.8 Å². The first-order valence-corrected chi connectivity index (χ1v) is 10.1. The summed E-state index contributed by atoms with van der Waals surface area (Å²) < 4.78 is 5.38. The van der Waals surface area contributed by atoms with E-state index in [4.69, 9.17) is 4.74 Å². The molecule has 1 aliphatic heterocycles. The minimum absolute atomic E-state index is 0.0131. The molecule has 0 radical (unpaired) electrons. The summed E-state index contributed by atoms with van der Waals surface area (Å²) in [5.74, 6) is 1.11. The molecule has 1 aromatic rings. The molecule has 1 saturated heterocycles. The molecule has 0 N–H and O–H groups in total. The number of nitrogens with zero attached hydrogens (tertiary/aromatic N) is 2. The topological polar surface area (TPSA) is 49.9 Å². The highest BCUT2D eigenvalue weighted by Gasteiger charge is 2.43. The molecule has 1 aliphatic carbocycles. The molecule has 1 heterocycles. The van der Waals surface area contributed by atoms with Gasteiger partial charge < -0.3 is 14.5 Å². The van der Waals surface area contributed by atoms with E-state index in [1.54, 1.807) is 12.0 Å². The molecule has 2 aliphatic rings. The van der Waals surface area contributed by atoms with Gasteiger partial charge in [0.1, 0.15) is 5.75 Å². The van der Waals surface area contributed by atoms with Crippen LogP contribution in [0.4, 0.5) is 0 Å². The van der Waals surface area contributed by atoms with Gasteiger partial charge >= 0.3 is 0 Å². The average Bonchev–Trinajstić information content (AvgIpc) is 3.36. The van der Waals surface area contributed by atoms with E-state index in [0.29, 0.717) is 13.1 Å². The molecular formula is C22H32N2O3. The number of carbonyl (C=O) groups excluding carboxylic acids is 2. The fourth-order valence-corrected chi connectivity index (χ4v) is 4.39. The normalized spacial score (nSPS) is 23.1. The lowest BCUT2D eigenvalue weighted by Gasteiger charge is -2.27. The molecule has 5 heteroatoms. The highest BCUT2D eigenvalue weighted by Crippen LogP contribution is 2.37. The molecule has 2 atom stereocenters. The maximum atomic E-state index is 13.2. The number of carbonyl (C=O) groups is 2. The SMILES string of the molecule is COc1cccc(C2CN(C(=O)C3CCCC3)CC2C(=O)N(C)C(C)C)c1. The summed E-state index contributed by atoms with van der Waals surface area (Å²) >= 11 is 0. The molecule has 1 saturated carbocycles. The zero-order valence-electron chi connectivity index (χ0n) is 17.0. The fraction of sp³-hybridized carbons (Fsp3) is 0.636. The highest BCUT2D eigenvalue weighted by atomic mass is 16.5. The second kappa shape index (κ2) is 8.32. The van der Waals surface area contributed by atoms with E-state index in [2.05, 4.69) is 0 Å². The summed E-state index contributed by atoms with van der Waals surface area (Å²) in [6.07, 6.45) is 4.26. The number of ether oxygens (including phenoxy) is 1. The number of likely N-dealkylation sites (tertiary alicyclic amines) is 1. The van der Waals surface area contributed by atoms with Crippen LogP contribution in [0.15, 0.2) is 24.3 Å². The third kappa shape index (κ3) is 4.12. The van der Waals surface area contributed by atoms with Crippen LogP contribution in [0, 0.1) is 11.8 Å². The summed E-state index contributed by atoms with van der Waals surface area (Å²) in [7, 11) is 3.51. The van der Waals surface area contributed by atoms with E-state index in [-0.39, 0.29) is 35.6 Å². The van der Waals surface area contributed by atoms with Gasteiger partial charge in [0, 0.05) is 38.0 Å². The quantitative estimate of drug-likeness (QED) is 0.797. The van der Waals surface area contributed by atoms with Gasteiger partial charge in [-0.25, -0.2) is 0 Å². The van der Waals surface area contributed by atoms with Crippen molar-refractivity contribution < 1.29 is 14.3 Å². The van der Waals surface area contributed by atoms with Crippen LogP contribution in [0.3, 0.4) is 0 Å². The fourth-order valence-electron chi connectivity index (χ4n) is 4.39. The van der Waals surface area contributed by atoms with Gasteiger partial charge in [-0.2, -0.15) is 0 Å². The summed E-state index contributed by atoms with van der Waals surface area (Å²) in [5, 5.41) is 0. The molecule has 27 heavy (non-hydrogen) atoms. The van der Waals surface area contributed by atoms with Gasteiger partial charge in [-0.15, -0.1) is 0 Å². The molecule has 1 aromatic carbocycles. The van der Waals surface area contributed by atoms with Crippen molar-refractivity contribution in [1.29, 1.82) is 0 Å². The van der Waals surface area contributed by atoms with Gasteiger partial charge in [0.15, 0.2) is 0 Å². The average molecular weight is 373 g/mol. The van der Waals surface area contributed by atoms with Crippen LogP contribution in [0.5, 0.6) is 5.75 Å². The van der Waals surface area contributed by atoms with Crippen molar-refractivity contribution in [2.45, 2.75) is 51.5 Å². The minimum atomic E-state index is -0.199. The smallest absolute Gasteiger partial charge is 0.228 e. The molecule has 2 unspecified atom stereocenters. The van der Waals surface area contributed by atoms with E-state index < -0.39 is 0 Å². The van der Waals surface area contributed by atoms with Crippen molar-refractivity contribution in [1.82, 2.24) is 9.80 Å². The number of amides is 2. The Morgan fingerprint density at radius 1 is 1.19 bits per heavy atom. The molecular weight excluding hydrogens is 340 g/mol. The molecule has 3 rings (SSSR count). The number of hydrogen-bond donors (Lipinski definition) is 0. The van der Waals surface area contributed by atoms with Crippen LogP contribution in [0.1, 0.15) is 51.0 Å². The molecule has 2 fully saturated rings. The van der Waals surface area contributed by atoms with E-state index in [9.17, 15) is 9.59 Å². The Balaban J connectivity index is 1.86. The van der Waals surface area contributed by atoms with Crippen LogP contribution in [-0.2, 0) is 9.59 Å². The van der Waals surface area contributed by atoms with Crippen molar-refractivity contribution in [2.75, 3.05) is 27.2 Å². The first-order chi connectivity index (χ1) is 12.9. The molecule has 0 aromatic heterocycles. The van der Waals surface area contributed by atoms with Gasteiger partial charge in [0.25, 0.3) is 0 Å². The predicted octanol–water partition coefficient (Wildman–Crippen LogP) is 3.29. The second-order valence-corrected chi connectivity index (χ2v) is 8.26. The van der Waals surface area contributed by atoms with Gasteiger partial charge in [-0.05, 0) is 44.4 Å². The third-order valence-electron chi connectivity index (χ3n) is 6.30. The molecule has 0 bridgehead atoms. The van der Waals surface area contributed by atoms with E-state index in [1.165, 1.54) is 0 Å². The molecule has 0 spiro atoms. The van der Waals surface area contributed by atoms with Crippen LogP contribution in [-0.4, -0.2) is 54.9 Å². The second-order valence-electron chi connectivity index (χ2n) is 8.26. The third-order valence-corrected chi connectivity index (χ3v) is 6.30. The standard InChI is InChI=1S/C22H32N2O3/c1-15(2)23(3)22(26)20-14-24(21(25)16-8-5-6-9-16)13-19(20)17-10-7-11-18(12-17)27-4/h7,10-12,15-16,19-20H,5-6,8-9,13-14H2,1-4H3. The number of rotatable bonds is 5. The predicted molar refractivity (Wildman–Crippen MR) is 106 cm³/mol. The Bertz CT molecular complexity index is 682. The Morgan fingerprint density at radius 3 is 2.52 bits per heavy atom. The van der Waals surface area contributed by atoms with Gasteiger partial charge in [-0.3, -0.25) is 9.59 Å². The first kappa shape index (κ1) is 19.7. The van der Waals surface area contributed by atoms with Crippen LogP contribution < -0.4 is 4.74 Å². The van der Waals surface area contributed by atoms with Crippen molar-refractivity contribution in [3.8, 4) is 5.75 Å². The summed E-state index contributed by atoms with van der Waals surface area (Å²) in [6, 6.07) is 8.07. The Labute approximate surface area is 162 Å².